The second-order valence-corrected chi connectivity index (χ2v) is 4.15. The van der Waals surface area contributed by atoms with Crippen LogP contribution in [0, 0.1) is 25.2 Å². The number of hydrogen-bond acceptors (Lipinski definition) is 3. The monoisotopic (exact) mass is 229 g/mol. The lowest BCUT2D eigenvalue weighted by Crippen LogP contribution is -2.07. The van der Waals surface area contributed by atoms with Gasteiger partial charge in [0, 0.05) is 18.9 Å². The lowest BCUT2D eigenvalue weighted by Gasteiger charge is -2.06. The first-order chi connectivity index (χ1) is 8.04. The maximum Gasteiger partial charge on any atom is 0.122 e. The van der Waals surface area contributed by atoms with Crippen LogP contribution in [-0.2, 0) is 13.6 Å². The molecule has 2 aromatic rings. The van der Waals surface area contributed by atoms with E-state index in [4.69, 9.17) is 11.0 Å². The van der Waals surface area contributed by atoms with Crippen LogP contribution in [0.3, 0.4) is 0 Å². The van der Waals surface area contributed by atoms with Crippen LogP contribution in [0.15, 0.2) is 12.3 Å². The highest BCUT2D eigenvalue weighted by Gasteiger charge is 2.15. The normalized spacial score (nSPS) is 10.5. The Hall–Kier alpha value is -2.22. The van der Waals surface area contributed by atoms with Crippen LogP contribution in [0.1, 0.15) is 22.5 Å². The topological polar surface area (TPSA) is 72.6 Å². The summed E-state index contributed by atoms with van der Waals surface area (Å²) in [4.78, 5) is 0. The lowest BCUT2D eigenvalue weighted by molar-refractivity contribution is 0.702. The van der Waals surface area contributed by atoms with Crippen molar-refractivity contribution in [2.45, 2.75) is 20.4 Å². The number of nitrogens with two attached hydrogens (primary N) is 1. The Kier molecular flexibility index (Phi) is 2.64. The van der Waals surface area contributed by atoms with Crippen molar-refractivity contribution in [3.05, 3.63) is 34.8 Å². The molecule has 2 N–H and O–H groups in total. The number of rotatable bonds is 2. The maximum atomic E-state index is 9.04. The first-order valence-corrected chi connectivity index (χ1v) is 5.38. The summed E-state index contributed by atoms with van der Waals surface area (Å²) in [6, 6.07) is 4.09. The van der Waals surface area contributed by atoms with E-state index in [0.29, 0.717) is 17.9 Å². The number of anilines is 1. The predicted octanol–water partition coefficient (Wildman–Crippen LogP) is 1.34. The zero-order chi connectivity index (χ0) is 12.6. The van der Waals surface area contributed by atoms with E-state index in [-0.39, 0.29) is 0 Å². The molecule has 88 valence electrons. The van der Waals surface area contributed by atoms with Crippen molar-refractivity contribution >= 4 is 5.82 Å². The number of nitriles is 1. The summed E-state index contributed by atoms with van der Waals surface area (Å²) in [6.45, 7) is 4.48. The molecule has 0 spiro atoms. The zero-order valence-electron chi connectivity index (χ0n) is 10.2. The summed E-state index contributed by atoms with van der Waals surface area (Å²) in [5, 5.41) is 13.4. The van der Waals surface area contributed by atoms with Crippen LogP contribution in [-0.4, -0.2) is 14.3 Å². The van der Waals surface area contributed by atoms with E-state index in [0.717, 1.165) is 17.0 Å². The lowest BCUT2D eigenvalue weighted by atomic mass is 10.2. The molecule has 0 fully saturated rings. The van der Waals surface area contributed by atoms with Gasteiger partial charge >= 0.3 is 0 Å². The SMILES string of the molecule is Cc1c(C#N)c(N)n(Cc2ccn(C)n2)c1C. The predicted molar refractivity (Wildman–Crippen MR) is 65.3 cm³/mol. The molecule has 0 radical (unpaired) electrons. The fraction of sp³-hybridized carbons (Fsp3) is 0.333. The third-order valence-electron chi connectivity index (χ3n) is 3.07. The third-order valence-corrected chi connectivity index (χ3v) is 3.07. The second kappa shape index (κ2) is 3.98. The molecule has 0 aliphatic rings. The van der Waals surface area contributed by atoms with Crippen LogP contribution >= 0.6 is 0 Å². The van der Waals surface area contributed by atoms with Crippen molar-refractivity contribution in [1.29, 1.82) is 5.26 Å². The Morgan fingerprint density at radius 1 is 1.47 bits per heavy atom. The Balaban J connectivity index is 2.44. The largest absolute Gasteiger partial charge is 0.384 e. The van der Waals surface area contributed by atoms with E-state index in [1.165, 1.54) is 0 Å². The fourth-order valence-electron chi connectivity index (χ4n) is 1.95. The van der Waals surface area contributed by atoms with Crippen molar-refractivity contribution in [1.82, 2.24) is 14.3 Å². The molecule has 17 heavy (non-hydrogen) atoms. The van der Waals surface area contributed by atoms with E-state index in [2.05, 4.69) is 11.2 Å². The van der Waals surface area contributed by atoms with Crippen LogP contribution in [0.2, 0.25) is 0 Å². The number of aromatic nitrogens is 3. The summed E-state index contributed by atoms with van der Waals surface area (Å²) in [6.07, 6.45) is 1.89. The van der Waals surface area contributed by atoms with Gasteiger partial charge in [0.2, 0.25) is 0 Å². The first kappa shape index (κ1) is 11.3. The molecule has 0 unspecified atom stereocenters. The van der Waals surface area contributed by atoms with Gasteiger partial charge in [-0.15, -0.1) is 0 Å². The molecule has 0 saturated heterocycles. The van der Waals surface area contributed by atoms with Gasteiger partial charge in [-0.25, -0.2) is 0 Å². The summed E-state index contributed by atoms with van der Waals surface area (Å²) in [7, 11) is 1.88. The van der Waals surface area contributed by atoms with Crippen LogP contribution < -0.4 is 5.73 Å². The van der Waals surface area contributed by atoms with Gasteiger partial charge in [0.25, 0.3) is 0 Å². The van der Waals surface area contributed by atoms with E-state index < -0.39 is 0 Å². The van der Waals surface area contributed by atoms with Crippen molar-refractivity contribution in [3.8, 4) is 6.07 Å². The highest BCUT2D eigenvalue weighted by Crippen LogP contribution is 2.24. The second-order valence-electron chi connectivity index (χ2n) is 4.15. The Bertz CT molecular complexity index is 597. The Labute approximate surface area is 100 Å². The molecule has 0 aliphatic carbocycles. The molecule has 0 saturated carbocycles. The van der Waals surface area contributed by atoms with Crippen LogP contribution in [0.4, 0.5) is 5.82 Å². The van der Waals surface area contributed by atoms with Crippen molar-refractivity contribution in [3.63, 3.8) is 0 Å². The van der Waals surface area contributed by atoms with Gasteiger partial charge in [-0.2, -0.15) is 10.4 Å². The van der Waals surface area contributed by atoms with Gasteiger partial charge in [0.1, 0.15) is 11.9 Å². The molecular weight excluding hydrogens is 214 g/mol. The average Bonchev–Trinajstić information content (AvgIpc) is 2.78. The van der Waals surface area contributed by atoms with Gasteiger partial charge in [0.15, 0.2) is 0 Å². The van der Waals surface area contributed by atoms with E-state index in [9.17, 15) is 0 Å². The van der Waals surface area contributed by atoms with Gasteiger partial charge < -0.3 is 10.3 Å². The molecule has 2 rings (SSSR count). The van der Waals surface area contributed by atoms with Gasteiger partial charge in [-0.1, -0.05) is 0 Å². The summed E-state index contributed by atoms with van der Waals surface area (Å²) in [5.41, 5.74) is 9.44. The zero-order valence-corrected chi connectivity index (χ0v) is 10.2. The summed E-state index contributed by atoms with van der Waals surface area (Å²) >= 11 is 0. The molecule has 0 amide bonds. The standard InChI is InChI=1S/C12H15N5/c1-8-9(2)17(12(14)11(8)6-13)7-10-4-5-16(3)15-10/h4-5H,7,14H2,1-3H3. The molecule has 0 bridgehead atoms. The third kappa shape index (κ3) is 1.78. The van der Waals surface area contributed by atoms with Gasteiger partial charge in [0.05, 0.1) is 17.8 Å². The van der Waals surface area contributed by atoms with Crippen molar-refractivity contribution < 1.29 is 0 Å². The van der Waals surface area contributed by atoms with Crippen molar-refractivity contribution in [2.75, 3.05) is 5.73 Å². The minimum atomic E-state index is 0.521. The molecule has 5 heteroatoms. The summed E-state index contributed by atoms with van der Waals surface area (Å²) < 4.78 is 3.68. The molecule has 0 aromatic carbocycles. The highest BCUT2D eigenvalue weighted by atomic mass is 15.3. The van der Waals surface area contributed by atoms with Gasteiger partial charge in [-0.3, -0.25) is 4.68 Å². The van der Waals surface area contributed by atoms with Gasteiger partial charge in [-0.05, 0) is 25.5 Å². The minimum absolute atomic E-state index is 0.521. The molecule has 0 aliphatic heterocycles. The number of nitrogen functional groups attached to an aromatic ring is 1. The number of aryl methyl sites for hydroxylation is 1. The summed E-state index contributed by atoms with van der Waals surface area (Å²) in [5.74, 6) is 0.521. The van der Waals surface area contributed by atoms with Crippen molar-refractivity contribution in [2.24, 2.45) is 7.05 Å². The number of hydrogen-bond donors (Lipinski definition) is 1. The average molecular weight is 229 g/mol. The first-order valence-electron chi connectivity index (χ1n) is 5.38. The smallest absolute Gasteiger partial charge is 0.122 e. The van der Waals surface area contributed by atoms with Crippen LogP contribution in [0.25, 0.3) is 0 Å². The molecule has 2 aromatic heterocycles. The minimum Gasteiger partial charge on any atom is -0.384 e. The quantitative estimate of drug-likeness (QED) is 0.844. The Morgan fingerprint density at radius 2 is 2.18 bits per heavy atom. The maximum absolute atomic E-state index is 9.04. The molecule has 0 atom stereocenters. The van der Waals surface area contributed by atoms with E-state index in [1.807, 2.05) is 37.7 Å². The molecule has 2 heterocycles. The molecule has 5 nitrogen and oxygen atoms in total. The van der Waals surface area contributed by atoms with E-state index in [1.54, 1.807) is 4.68 Å². The Morgan fingerprint density at radius 3 is 2.65 bits per heavy atom. The highest BCUT2D eigenvalue weighted by molar-refractivity contribution is 5.58. The molecular formula is C12H15N5. The fourth-order valence-corrected chi connectivity index (χ4v) is 1.95. The number of nitrogens with zero attached hydrogens (tertiary/aromatic N) is 4. The van der Waals surface area contributed by atoms with Crippen LogP contribution in [0.5, 0.6) is 0 Å². The van der Waals surface area contributed by atoms with E-state index >= 15 is 0 Å².